The number of nitrogens with zero attached hydrogens (tertiary/aromatic N) is 3. The Bertz CT molecular complexity index is 989. The van der Waals surface area contributed by atoms with Gasteiger partial charge in [-0.1, -0.05) is 18.1 Å². The van der Waals surface area contributed by atoms with Crippen molar-refractivity contribution in [3.05, 3.63) is 47.7 Å². The van der Waals surface area contributed by atoms with Gasteiger partial charge in [-0.25, -0.2) is 0 Å². The molecule has 1 aromatic heterocycles. The highest BCUT2D eigenvalue weighted by molar-refractivity contribution is 5.98. The van der Waals surface area contributed by atoms with Crippen LogP contribution in [0.1, 0.15) is 48.9 Å². The van der Waals surface area contributed by atoms with Gasteiger partial charge >= 0.3 is 0 Å². The van der Waals surface area contributed by atoms with Crippen LogP contribution >= 0.6 is 0 Å². The van der Waals surface area contributed by atoms with E-state index < -0.39 is 0 Å². The first kappa shape index (κ1) is 17.8. The average molecular weight is 390 g/mol. The third kappa shape index (κ3) is 2.79. The van der Waals surface area contributed by atoms with Crippen LogP contribution in [0.4, 0.5) is 0 Å². The Morgan fingerprint density at radius 1 is 1.10 bits per heavy atom. The summed E-state index contributed by atoms with van der Waals surface area (Å²) in [6.07, 6.45) is 12.3. The molecule has 6 rings (SSSR count). The van der Waals surface area contributed by atoms with E-state index >= 15 is 0 Å². The number of carbonyl (C=O) groups is 1. The van der Waals surface area contributed by atoms with Crippen LogP contribution in [0.5, 0.6) is 0 Å². The molecule has 3 saturated heterocycles. The van der Waals surface area contributed by atoms with Crippen LogP contribution < -0.4 is 0 Å². The molecule has 1 aliphatic carbocycles. The third-order valence-electron chi connectivity index (χ3n) is 8.05. The summed E-state index contributed by atoms with van der Waals surface area (Å²) < 4.78 is 2.11. The molecule has 4 heteroatoms. The molecule has 2 bridgehead atoms. The van der Waals surface area contributed by atoms with Crippen molar-refractivity contribution in [1.29, 1.82) is 0 Å². The summed E-state index contributed by atoms with van der Waals surface area (Å²) in [5.74, 6) is 1.56. The zero-order valence-electron chi connectivity index (χ0n) is 17.4. The zero-order valence-corrected chi connectivity index (χ0v) is 17.4. The first-order valence-electron chi connectivity index (χ1n) is 11.5. The van der Waals surface area contributed by atoms with Crippen LogP contribution in [0.3, 0.4) is 0 Å². The number of aryl methyl sites for hydroxylation is 1. The van der Waals surface area contributed by atoms with Gasteiger partial charge in [-0.15, -0.1) is 0 Å². The van der Waals surface area contributed by atoms with E-state index in [4.69, 9.17) is 0 Å². The summed E-state index contributed by atoms with van der Waals surface area (Å²) in [6, 6.07) is 9.40. The molecule has 0 spiro atoms. The van der Waals surface area contributed by atoms with E-state index in [1.807, 2.05) is 6.07 Å². The maximum atomic E-state index is 13.6. The highest BCUT2D eigenvalue weighted by atomic mass is 16.2. The number of likely N-dealkylation sites (tertiary alicyclic amines) is 1. The molecular weight excluding hydrogens is 358 g/mol. The molecule has 4 aliphatic rings. The van der Waals surface area contributed by atoms with Gasteiger partial charge in [-0.3, -0.25) is 9.69 Å². The van der Waals surface area contributed by atoms with Gasteiger partial charge < -0.3 is 9.47 Å². The van der Waals surface area contributed by atoms with Gasteiger partial charge in [-0.05, 0) is 74.8 Å². The lowest BCUT2D eigenvalue weighted by molar-refractivity contribution is 0.00148. The Hall–Kier alpha value is -2.07. The second-order valence-corrected chi connectivity index (χ2v) is 9.71. The summed E-state index contributed by atoms with van der Waals surface area (Å²) in [7, 11) is 2.06. The van der Waals surface area contributed by atoms with Crippen LogP contribution in [-0.2, 0) is 7.05 Å². The molecule has 3 fully saturated rings. The molecule has 4 nitrogen and oxygen atoms in total. The predicted molar refractivity (Wildman–Crippen MR) is 116 cm³/mol. The number of benzene rings is 1. The number of fused-ring (bicyclic) bond motifs is 7. The van der Waals surface area contributed by atoms with Crippen molar-refractivity contribution in [2.75, 3.05) is 19.6 Å². The fourth-order valence-corrected chi connectivity index (χ4v) is 6.78. The van der Waals surface area contributed by atoms with Gasteiger partial charge in [0.1, 0.15) is 0 Å². The van der Waals surface area contributed by atoms with Crippen molar-refractivity contribution in [3.63, 3.8) is 0 Å². The summed E-state index contributed by atoms with van der Waals surface area (Å²) in [6.45, 7) is 3.34. The number of amides is 1. The predicted octanol–water partition coefficient (Wildman–Crippen LogP) is 4.21. The normalized spacial score (nSPS) is 31.9. The van der Waals surface area contributed by atoms with Gasteiger partial charge in [0.25, 0.3) is 5.91 Å². The second kappa shape index (κ2) is 6.73. The summed E-state index contributed by atoms with van der Waals surface area (Å²) in [4.78, 5) is 18.6. The first-order chi connectivity index (χ1) is 14.2. The van der Waals surface area contributed by atoms with Gasteiger partial charge in [-0.2, -0.15) is 0 Å². The molecule has 4 unspecified atom stereocenters. The summed E-state index contributed by atoms with van der Waals surface area (Å²) >= 11 is 0. The number of piperidine rings is 3. The summed E-state index contributed by atoms with van der Waals surface area (Å²) in [5, 5.41) is 1.16. The molecule has 3 aliphatic heterocycles. The molecule has 4 atom stereocenters. The fourth-order valence-electron chi connectivity index (χ4n) is 6.78. The van der Waals surface area contributed by atoms with Gasteiger partial charge in [0.15, 0.2) is 0 Å². The third-order valence-corrected chi connectivity index (χ3v) is 8.05. The molecule has 1 aromatic carbocycles. The topological polar surface area (TPSA) is 28.5 Å². The Morgan fingerprint density at radius 2 is 2.03 bits per heavy atom. The Balaban J connectivity index is 1.33. The largest absolute Gasteiger partial charge is 0.351 e. The van der Waals surface area contributed by atoms with Gasteiger partial charge in [0, 0.05) is 48.8 Å². The van der Waals surface area contributed by atoms with Gasteiger partial charge in [0.05, 0.1) is 6.04 Å². The minimum absolute atomic E-state index is 0.227. The van der Waals surface area contributed by atoms with E-state index in [2.05, 4.69) is 51.9 Å². The lowest BCUT2D eigenvalue weighted by atomic mass is 9.68. The Morgan fingerprint density at radius 3 is 2.97 bits per heavy atom. The van der Waals surface area contributed by atoms with Crippen molar-refractivity contribution in [3.8, 4) is 0 Å². The van der Waals surface area contributed by atoms with E-state index in [-0.39, 0.29) is 5.91 Å². The quantitative estimate of drug-likeness (QED) is 0.684. The molecule has 0 N–H and O–H groups in total. The molecule has 1 amide bonds. The average Bonchev–Trinajstić information content (AvgIpc) is 3.13. The Labute approximate surface area is 173 Å². The monoisotopic (exact) mass is 389 g/mol. The SMILES string of the molecule is Cn1ccc2cc(C(=O)N3CCCC4=CC5CC(CN6CCCCC56)C43)ccc21. The highest BCUT2D eigenvalue weighted by Crippen LogP contribution is 2.45. The number of rotatable bonds is 1. The zero-order chi connectivity index (χ0) is 19.5. The smallest absolute Gasteiger partial charge is 0.254 e. The lowest BCUT2D eigenvalue weighted by Gasteiger charge is -2.54. The Kier molecular flexibility index (Phi) is 4.12. The van der Waals surface area contributed by atoms with Crippen molar-refractivity contribution in [2.45, 2.75) is 50.6 Å². The number of hydrogen-bond acceptors (Lipinski definition) is 2. The van der Waals surface area contributed by atoms with E-state index in [0.717, 1.165) is 35.9 Å². The van der Waals surface area contributed by atoms with E-state index in [9.17, 15) is 4.79 Å². The minimum atomic E-state index is 0.227. The van der Waals surface area contributed by atoms with Crippen LogP contribution in [-0.4, -0.2) is 52.0 Å². The second-order valence-electron chi connectivity index (χ2n) is 9.71. The number of aromatic nitrogens is 1. The molecule has 0 saturated carbocycles. The van der Waals surface area contributed by atoms with Crippen LogP contribution in [0.25, 0.3) is 10.9 Å². The maximum absolute atomic E-state index is 13.6. The standard InChI is InChI=1S/C25H31N3O/c1-26-12-9-17-13-19(7-8-22(17)26)25(29)28-11-4-5-18-14-20-15-21(24(18)28)16-27-10-3-2-6-23(20)27/h7-9,12-14,20-21,23-24H,2-6,10-11,15-16H2,1H3. The first-order valence-corrected chi connectivity index (χ1v) is 11.5. The molecule has 29 heavy (non-hydrogen) atoms. The van der Waals surface area contributed by atoms with Gasteiger partial charge in [0.2, 0.25) is 0 Å². The molecule has 2 aromatic rings. The molecule has 4 heterocycles. The maximum Gasteiger partial charge on any atom is 0.254 e. The van der Waals surface area contributed by atoms with Crippen LogP contribution in [0, 0.1) is 11.8 Å². The highest BCUT2D eigenvalue weighted by Gasteiger charge is 2.46. The fraction of sp³-hybridized carbons (Fsp3) is 0.560. The van der Waals surface area contributed by atoms with Crippen molar-refractivity contribution >= 4 is 16.8 Å². The lowest BCUT2D eigenvalue weighted by Crippen LogP contribution is -2.60. The van der Waals surface area contributed by atoms with Crippen LogP contribution in [0.15, 0.2) is 42.1 Å². The molecular formula is C25H31N3O. The van der Waals surface area contributed by atoms with Crippen molar-refractivity contribution in [1.82, 2.24) is 14.4 Å². The molecule has 152 valence electrons. The van der Waals surface area contributed by atoms with Crippen molar-refractivity contribution < 1.29 is 4.79 Å². The minimum Gasteiger partial charge on any atom is -0.351 e. The van der Waals surface area contributed by atoms with E-state index in [1.54, 1.807) is 5.57 Å². The van der Waals surface area contributed by atoms with E-state index in [1.165, 1.54) is 50.7 Å². The summed E-state index contributed by atoms with van der Waals surface area (Å²) in [5.41, 5.74) is 3.60. The number of hydrogen-bond donors (Lipinski definition) is 0. The molecule has 0 radical (unpaired) electrons. The van der Waals surface area contributed by atoms with E-state index in [0.29, 0.717) is 12.0 Å². The van der Waals surface area contributed by atoms with Crippen molar-refractivity contribution in [2.24, 2.45) is 18.9 Å². The number of carbonyl (C=O) groups excluding carboxylic acids is 1. The van der Waals surface area contributed by atoms with Crippen LogP contribution in [0.2, 0.25) is 0 Å².